The minimum atomic E-state index is 0.365. The van der Waals surface area contributed by atoms with Gasteiger partial charge in [0.05, 0.1) is 23.7 Å². The van der Waals surface area contributed by atoms with Crippen molar-refractivity contribution in [1.29, 1.82) is 0 Å². The average molecular weight is 266 g/mol. The SMILES string of the molecule is Clc1ccc2nc(CNCC3CCCO3)[nH]c2c1. The van der Waals surface area contributed by atoms with Gasteiger partial charge in [-0.25, -0.2) is 4.98 Å². The van der Waals surface area contributed by atoms with Gasteiger partial charge in [-0.3, -0.25) is 0 Å². The summed E-state index contributed by atoms with van der Waals surface area (Å²) < 4.78 is 5.55. The van der Waals surface area contributed by atoms with E-state index < -0.39 is 0 Å². The second kappa shape index (κ2) is 5.26. The van der Waals surface area contributed by atoms with Crippen LogP contribution in [0.2, 0.25) is 5.02 Å². The Morgan fingerprint density at radius 1 is 1.50 bits per heavy atom. The number of nitrogens with one attached hydrogen (secondary N) is 2. The number of benzene rings is 1. The molecule has 2 heterocycles. The minimum Gasteiger partial charge on any atom is -0.377 e. The number of hydrogen-bond donors (Lipinski definition) is 2. The molecule has 2 N–H and O–H groups in total. The number of H-pyrrole nitrogens is 1. The van der Waals surface area contributed by atoms with Crippen LogP contribution in [0.15, 0.2) is 18.2 Å². The van der Waals surface area contributed by atoms with Crippen molar-refractivity contribution < 1.29 is 4.74 Å². The van der Waals surface area contributed by atoms with Crippen LogP contribution in [-0.4, -0.2) is 29.2 Å². The van der Waals surface area contributed by atoms with E-state index >= 15 is 0 Å². The standard InChI is InChI=1S/C13H16ClN3O/c14-9-3-4-11-12(6-9)17-13(16-11)8-15-7-10-2-1-5-18-10/h3-4,6,10,15H,1-2,5,7-8H2,(H,16,17). The number of halogens is 1. The second-order valence-corrected chi connectivity index (χ2v) is 5.05. The molecule has 1 unspecified atom stereocenters. The normalized spacial score (nSPS) is 19.7. The summed E-state index contributed by atoms with van der Waals surface area (Å²) in [5, 5.41) is 4.09. The Morgan fingerprint density at radius 3 is 3.28 bits per heavy atom. The maximum Gasteiger partial charge on any atom is 0.121 e. The molecule has 1 atom stereocenters. The van der Waals surface area contributed by atoms with Crippen molar-refractivity contribution in [2.45, 2.75) is 25.5 Å². The zero-order chi connectivity index (χ0) is 12.4. The van der Waals surface area contributed by atoms with Gasteiger partial charge in [-0.05, 0) is 31.0 Å². The van der Waals surface area contributed by atoms with Crippen molar-refractivity contribution >= 4 is 22.6 Å². The Bertz CT molecular complexity index is 534. The second-order valence-electron chi connectivity index (χ2n) is 4.61. The highest BCUT2D eigenvalue weighted by Crippen LogP contribution is 2.17. The summed E-state index contributed by atoms with van der Waals surface area (Å²) in [7, 11) is 0. The third-order valence-electron chi connectivity index (χ3n) is 3.18. The van der Waals surface area contributed by atoms with Crippen LogP contribution < -0.4 is 5.32 Å². The third kappa shape index (κ3) is 2.66. The topological polar surface area (TPSA) is 49.9 Å². The molecule has 0 aliphatic carbocycles. The Morgan fingerprint density at radius 2 is 2.44 bits per heavy atom. The highest BCUT2D eigenvalue weighted by atomic mass is 35.5. The van der Waals surface area contributed by atoms with E-state index in [1.165, 1.54) is 6.42 Å². The van der Waals surface area contributed by atoms with E-state index in [9.17, 15) is 0 Å². The van der Waals surface area contributed by atoms with E-state index in [-0.39, 0.29) is 0 Å². The molecule has 1 aliphatic heterocycles. The number of aromatic nitrogens is 2. The Kier molecular flexibility index (Phi) is 3.50. The van der Waals surface area contributed by atoms with Gasteiger partial charge in [0, 0.05) is 18.2 Å². The van der Waals surface area contributed by atoms with Crippen molar-refractivity contribution in [3.8, 4) is 0 Å². The number of rotatable bonds is 4. The molecule has 96 valence electrons. The first-order chi connectivity index (χ1) is 8.81. The molecule has 0 bridgehead atoms. The summed E-state index contributed by atoms with van der Waals surface area (Å²) in [6.45, 7) is 2.51. The molecule has 2 aromatic rings. The molecule has 1 aliphatic rings. The predicted molar refractivity (Wildman–Crippen MR) is 71.8 cm³/mol. The fraction of sp³-hybridized carbons (Fsp3) is 0.462. The number of imidazole rings is 1. The van der Waals surface area contributed by atoms with Gasteiger partial charge in [0.1, 0.15) is 5.82 Å². The fourth-order valence-electron chi connectivity index (χ4n) is 2.28. The van der Waals surface area contributed by atoms with Gasteiger partial charge >= 0.3 is 0 Å². The summed E-state index contributed by atoms with van der Waals surface area (Å²) in [4.78, 5) is 7.76. The molecule has 4 nitrogen and oxygen atoms in total. The van der Waals surface area contributed by atoms with E-state index in [0.717, 1.165) is 48.0 Å². The van der Waals surface area contributed by atoms with Gasteiger partial charge in [-0.1, -0.05) is 11.6 Å². The van der Waals surface area contributed by atoms with E-state index in [4.69, 9.17) is 16.3 Å². The summed E-state index contributed by atoms with van der Waals surface area (Å²) >= 11 is 5.94. The zero-order valence-corrected chi connectivity index (χ0v) is 10.8. The minimum absolute atomic E-state index is 0.365. The lowest BCUT2D eigenvalue weighted by atomic mass is 10.2. The maximum absolute atomic E-state index is 5.94. The Balaban J connectivity index is 1.60. The van der Waals surface area contributed by atoms with Crippen LogP contribution >= 0.6 is 11.6 Å². The van der Waals surface area contributed by atoms with Crippen molar-refractivity contribution in [1.82, 2.24) is 15.3 Å². The van der Waals surface area contributed by atoms with Crippen LogP contribution in [0.1, 0.15) is 18.7 Å². The monoisotopic (exact) mass is 265 g/mol. The molecule has 0 radical (unpaired) electrons. The predicted octanol–water partition coefficient (Wildman–Crippen LogP) is 2.48. The molecule has 5 heteroatoms. The average Bonchev–Trinajstić information content (AvgIpc) is 2.97. The van der Waals surface area contributed by atoms with E-state index in [1.54, 1.807) is 0 Å². The fourth-order valence-corrected chi connectivity index (χ4v) is 2.45. The molecule has 0 amide bonds. The number of nitrogens with zero attached hydrogens (tertiary/aromatic N) is 1. The molecular weight excluding hydrogens is 250 g/mol. The maximum atomic E-state index is 5.94. The molecule has 1 aromatic heterocycles. The number of aromatic amines is 1. The molecule has 1 aromatic carbocycles. The summed E-state index contributed by atoms with van der Waals surface area (Å²) in [6.07, 6.45) is 2.70. The lowest BCUT2D eigenvalue weighted by Gasteiger charge is -2.09. The van der Waals surface area contributed by atoms with Crippen molar-refractivity contribution in [3.05, 3.63) is 29.0 Å². The van der Waals surface area contributed by atoms with E-state index in [1.807, 2.05) is 18.2 Å². The van der Waals surface area contributed by atoms with Gasteiger partial charge in [-0.2, -0.15) is 0 Å². The molecule has 3 rings (SSSR count). The molecule has 0 saturated carbocycles. The smallest absolute Gasteiger partial charge is 0.121 e. The lowest BCUT2D eigenvalue weighted by Crippen LogP contribution is -2.26. The van der Waals surface area contributed by atoms with Crippen LogP contribution in [0, 0.1) is 0 Å². The first kappa shape index (κ1) is 12.0. The number of hydrogen-bond acceptors (Lipinski definition) is 3. The molecule has 1 saturated heterocycles. The first-order valence-electron chi connectivity index (χ1n) is 6.28. The zero-order valence-electron chi connectivity index (χ0n) is 10.1. The van der Waals surface area contributed by atoms with Crippen LogP contribution in [-0.2, 0) is 11.3 Å². The highest BCUT2D eigenvalue weighted by molar-refractivity contribution is 6.31. The summed E-state index contributed by atoms with van der Waals surface area (Å²) in [5.41, 5.74) is 1.93. The first-order valence-corrected chi connectivity index (χ1v) is 6.65. The lowest BCUT2D eigenvalue weighted by molar-refractivity contribution is 0.110. The third-order valence-corrected chi connectivity index (χ3v) is 3.42. The van der Waals surface area contributed by atoms with Crippen LogP contribution in [0.25, 0.3) is 11.0 Å². The molecular formula is C13H16ClN3O. The molecule has 18 heavy (non-hydrogen) atoms. The molecule has 0 spiro atoms. The van der Waals surface area contributed by atoms with Crippen LogP contribution in [0.4, 0.5) is 0 Å². The Labute approximate surface area is 111 Å². The Hall–Kier alpha value is -1.10. The number of fused-ring (bicyclic) bond motifs is 1. The highest BCUT2D eigenvalue weighted by Gasteiger charge is 2.14. The van der Waals surface area contributed by atoms with Gasteiger partial charge < -0.3 is 15.0 Å². The van der Waals surface area contributed by atoms with Gasteiger partial charge in [-0.15, -0.1) is 0 Å². The van der Waals surface area contributed by atoms with Crippen LogP contribution in [0.5, 0.6) is 0 Å². The number of ether oxygens (including phenoxy) is 1. The van der Waals surface area contributed by atoms with Gasteiger partial charge in [0.15, 0.2) is 0 Å². The van der Waals surface area contributed by atoms with Crippen molar-refractivity contribution in [3.63, 3.8) is 0 Å². The van der Waals surface area contributed by atoms with E-state index in [0.29, 0.717) is 6.10 Å². The van der Waals surface area contributed by atoms with Crippen molar-refractivity contribution in [2.75, 3.05) is 13.2 Å². The van der Waals surface area contributed by atoms with Crippen LogP contribution in [0.3, 0.4) is 0 Å². The summed E-state index contributed by atoms with van der Waals surface area (Å²) in [6, 6.07) is 5.68. The van der Waals surface area contributed by atoms with E-state index in [2.05, 4.69) is 15.3 Å². The summed E-state index contributed by atoms with van der Waals surface area (Å²) in [5.74, 6) is 0.935. The van der Waals surface area contributed by atoms with Gasteiger partial charge in [0.25, 0.3) is 0 Å². The van der Waals surface area contributed by atoms with Gasteiger partial charge in [0.2, 0.25) is 0 Å². The quantitative estimate of drug-likeness (QED) is 0.893. The van der Waals surface area contributed by atoms with Crippen molar-refractivity contribution in [2.24, 2.45) is 0 Å². The molecule has 1 fully saturated rings. The largest absolute Gasteiger partial charge is 0.377 e.